The molecule has 3 heterocycles. The predicted octanol–water partition coefficient (Wildman–Crippen LogP) is 1.58. The van der Waals surface area contributed by atoms with E-state index in [0.717, 1.165) is 0 Å². The number of likely N-dealkylation sites (tertiary alicyclic amines) is 1. The maximum atomic E-state index is 15.2. The molecule has 4 rings (SSSR count). The number of sulfonamides is 1. The summed E-state index contributed by atoms with van der Waals surface area (Å²) in [5.41, 5.74) is -1.30. The first-order valence-electron chi connectivity index (χ1n) is 7.99. The topological polar surface area (TPSA) is 91.7 Å². The fourth-order valence-corrected chi connectivity index (χ4v) is 4.36. The summed E-state index contributed by atoms with van der Waals surface area (Å²) in [7, 11) is -3.78. The second kappa shape index (κ2) is 5.87. The molecule has 1 fully saturated rings. The van der Waals surface area contributed by atoms with E-state index >= 15 is 4.39 Å². The van der Waals surface area contributed by atoms with Crippen LogP contribution in [0.3, 0.4) is 0 Å². The number of fused-ring (bicyclic) bond motifs is 1. The zero-order valence-corrected chi connectivity index (χ0v) is 14.4. The van der Waals surface area contributed by atoms with Crippen molar-refractivity contribution in [1.29, 1.82) is 0 Å². The number of benzene rings is 1. The maximum Gasteiger partial charge on any atom is 0.285 e. The third kappa shape index (κ3) is 2.74. The zero-order valence-electron chi connectivity index (χ0n) is 13.6. The van der Waals surface area contributed by atoms with Gasteiger partial charge in [0.15, 0.2) is 5.84 Å². The van der Waals surface area contributed by atoms with Gasteiger partial charge in [0.2, 0.25) is 5.67 Å². The molecule has 1 amide bonds. The van der Waals surface area contributed by atoms with E-state index in [1.165, 1.54) is 17.2 Å². The average Bonchev–Trinajstić information content (AvgIpc) is 3.15. The van der Waals surface area contributed by atoms with Crippen LogP contribution in [0, 0.1) is 0 Å². The number of halogens is 1. The Kier molecular flexibility index (Phi) is 3.76. The quantitative estimate of drug-likeness (QED) is 0.862. The van der Waals surface area contributed by atoms with Gasteiger partial charge in [0.25, 0.3) is 15.9 Å². The van der Waals surface area contributed by atoms with Crippen molar-refractivity contribution < 1.29 is 17.6 Å². The molecule has 2 aliphatic rings. The zero-order chi connectivity index (χ0) is 18.4. The van der Waals surface area contributed by atoms with Crippen LogP contribution in [0.4, 0.5) is 10.1 Å². The minimum atomic E-state index is -3.78. The minimum absolute atomic E-state index is 0.0552. The van der Waals surface area contributed by atoms with E-state index in [-0.39, 0.29) is 30.2 Å². The Bertz CT molecular complexity index is 1010. The largest absolute Gasteiger partial charge is 0.352 e. The monoisotopic (exact) mass is 374 g/mol. The highest BCUT2D eigenvalue weighted by Crippen LogP contribution is 2.33. The Morgan fingerprint density at radius 3 is 2.81 bits per heavy atom. The Balaban J connectivity index is 1.56. The highest BCUT2D eigenvalue weighted by molar-refractivity contribution is 7.90. The first kappa shape index (κ1) is 16.6. The molecular weight excluding hydrogens is 359 g/mol. The van der Waals surface area contributed by atoms with Crippen LogP contribution in [-0.4, -0.2) is 48.8 Å². The molecule has 2 aliphatic heterocycles. The molecule has 0 spiro atoms. The third-order valence-corrected chi connectivity index (χ3v) is 5.78. The van der Waals surface area contributed by atoms with Crippen LogP contribution in [-0.2, 0) is 14.8 Å². The second-order valence-corrected chi connectivity index (χ2v) is 7.79. The van der Waals surface area contributed by atoms with Crippen molar-refractivity contribution >= 4 is 27.5 Å². The van der Waals surface area contributed by atoms with Crippen LogP contribution < -0.4 is 5.32 Å². The Morgan fingerprint density at radius 1 is 1.23 bits per heavy atom. The fraction of sp³-hybridized carbons (Fsp3) is 0.235. The average molecular weight is 374 g/mol. The summed E-state index contributed by atoms with van der Waals surface area (Å²) in [6.45, 7) is -0.0680. The molecule has 1 unspecified atom stereocenters. The summed E-state index contributed by atoms with van der Waals surface area (Å²) >= 11 is 0. The summed E-state index contributed by atoms with van der Waals surface area (Å²) in [5.74, 6) is -0.586. The van der Waals surface area contributed by atoms with Crippen molar-refractivity contribution in [3.8, 4) is 0 Å². The van der Waals surface area contributed by atoms with Crippen molar-refractivity contribution in [2.24, 2.45) is 4.40 Å². The Hall–Kier alpha value is -2.81. The summed E-state index contributed by atoms with van der Waals surface area (Å²) < 4.78 is 43.3. The molecule has 2 aromatic rings. The van der Waals surface area contributed by atoms with Gasteiger partial charge in [-0.2, -0.15) is 8.42 Å². The van der Waals surface area contributed by atoms with Crippen LogP contribution in [0.1, 0.15) is 12.0 Å². The molecule has 9 heteroatoms. The maximum absolute atomic E-state index is 15.2. The first-order valence-corrected chi connectivity index (χ1v) is 9.43. The number of nitrogens with one attached hydrogen (secondary N) is 1. The van der Waals surface area contributed by atoms with Gasteiger partial charge >= 0.3 is 0 Å². The van der Waals surface area contributed by atoms with Gasteiger partial charge in [-0.3, -0.25) is 9.78 Å². The van der Waals surface area contributed by atoms with Crippen LogP contribution in [0.5, 0.6) is 0 Å². The lowest BCUT2D eigenvalue weighted by Crippen LogP contribution is -2.42. The molecule has 0 radical (unpaired) electrons. The summed E-state index contributed by atoms with van der Waals surface area (Å²) in [5, 5.41) is 2.51. The number of pyridine rings is 1. The van der Waals surface area contributed by atoms with Crippen molar-refractivity contribution in [2.45, 2.75) is 17.0 Å². The third-order valence-electron chi connectivity index (χ3n) is 4.46. The van der Waals surface area contributed by atoms with Gasteiger partial charge in [0.05, 0.1) is 18.4 Å². The van der Waals surface area contributed by atoms with Crippen molar-refractivity contribution in [1.82, 2.24) is 9.88 Å². The van der Waals surface area contributed by atoms with Gasteiger partial charge in [-0.15, -0.1) is 4.40 Å². The molecule has 0 saturated carbocycles. The van der Waals surface area contributed by atoms with Crippen molar-refractivity contribution in [3.63, 3.8) is 0 Å². The van der Waals surface area contributed by atoms with E-state index in [4.69, 9.17) is 0 Å². The van der Waals surface area contributed by atoms with E-state index in [2.05, 4.69) is 14.7 Å². The molecule has 1 aromatic heterocycles. The van der Waals surface area contributed by atoms with E-state index in [0.29, 0.717) is 11.3 Å². The van der Waals surface area contributed by atoms with Crippen molar-refractivity contribution in [2.75, 3.05) is 18.4 Å². The lowest BCUT2D eigenvalue weighted by Gasteiger charge is -2.21. The number of nitrogens with zero attached hydrogens (tertiary/aromatic N) is 3. The molecule has 1 aromatic carbocycles. The number of alkyl halides is 1. The van der Waals surface area contributed by atoms with Crippen LogP contribution in [0.25, 0.3) is 0 Å². The van der Waals surface area contributed by atoms with Gasteiger partial charge in [0.1, 0.15) is 4.90 Å². The summed E-state index contributed by atoms with van der Waals surface area (Å²) in [6, 6.07) is 9.66. The van der Waals surface area contributed by atoms with Crippen LogP contribution in [0.15, 0.2) is 58.1 Å². The Morgan fingerprint density at radius 2 is 2.04 bits per heavy atom. The molecule has 1 saturated heterocycles. The van der Waals surface area contributed by atoms with Gasteiger partial charge in [0, 0.05) is 24.7 Å². The van der Waals surface area contributed by atoms with E-state index in [1.54, 1.807) is 36.5 Å². The van der Waals surface area contributed by atoms with Gasteiger partial charge in [-0.1, -0.05) is 12.1 Å². The highest BCUT2D eigenvalue weighted by atomic mass is 32.2. The fourth-order valence-electron chi connectivity index (χ4n) is 3.14. The second-order valence-electron chi connectivity index (χ2n) is 6.22. The number of carbonyl (C=O) groups excluding carboxylic acids is 1. The number of amidine groups is 1. The smallest absolute Gasteiger partial charge is 0.285 e. The lowest BCUT2D eigenvalue weighted by atomic mass is 10.0. The number of rotatable bonds is 2. The number of carbonyl (C=O) groups is 1. The number of hydrogen-bond acceptors (Lipinski definition) is 5. The number of anilines is 1. The molecule has 26 heavy (non-hydrogen) atoms. The van der Waals surface area contributed by atoms with Gasteiger partial charge in [-0.25, -0.2) is 4.39 Å². The number of hydrogen-bond donors (Lipinski definition) is 1. The summed E-state index contributed by atoms with van der Waals surface area (Å²) in [6.07, 6.45) is 2.92. The minimum Gasteiger partial charge on any atom is -0.352 e. The molecular formula is C17H15FN4O3S. The Labute approximate surface area is 149 Å². The van der Waals surface area contributed by atoms with Crippen LogP contribution in [0.2, 0.25) is 0 Å². The SMILES string of the molecule is O=C(Nc1cccnc1)C1(F)CCN(C2=NS(=O)(=O)c3ccccc32)C1. The molecule has 0 bridgehead atoms. The number of aromatic nitrogens is 1. The summed E-state index contributed by atoms with van der Waals surface area (Å²) in [4.78, 5) is 17.9. The molecule has 1 N–H and O–H groups in total. The molecule has 134 valence electrons. The van der Waals surface area contributed by atoms with Gasteiger partial charge < -0.3 is 10.2 Å². The lowest BCUT2D eigenvalue weighted by molar-refractivity contribution is -0.126. The molecule has 1 atom stereocenters. The highest BCUT2D eigenvalue weighted by Gasteiger charge is 2.47. The van der Waals surface area contributed by atoms with E-state index < -0.39 is 21.6 Å². The number of amides is 1. The van der Waals surface area contributed by atoms with Crippen molar-refractivity contribution in [3.05, 3.63) is 54.4 Å². The standard InChI is InChI=1S/C17H15FN4O3S/c18-17(16(23)20-12-4-3-8-19-10-12)7-9-22(11-17)15-13-5-1-2-6-14(13)26(24,25)21-15/h1-6,8,10H,7,9,11H2,(H,20,23). The van der Waals surface area contributed by atoms with E-state index in [1.807, 2.05) is 0 Å². The normalized spacial score (nSPS) is 23.4. The van der Waals surface area contributed by atoms with Gasteiger partial charge in [-0.05, 0) is 24.3 Å². The van der Waals surface area contributed by atoms with Crippen LogP contribution >= 0.6 is 0 Å². The molecule has 0 aliphatic carbocycles. The van der Waals surface area contributed by atoms with E-state index in [9.17, 15) is 13.2 Å². The predicted molar refractivity (Wildman–Crippen MR) is 93.1 cm³/mol. The molecule has 7 nitrogen and oxygen atoms in total. The first-order chi connectivity index (χ1) is 12.4.